The lowest BCUT2D eigenvalue weighted by atomic mass is 10.1. The van der Waals surface area contributed by atoms with Gasteiger partial charge in [-0.15, -0.1) is 22.7 Å². The molecule has 0 unspecified atom stereocenters. The average molecular weight is 453 g/mol. The van der Waals surface area contributed by atoms with Crippen LogP contribution in [0.3, 0.4) is 0 Å². The zero-order valence-corrected chi connectivity index (χ0v) is 17.0. The van der Waals surface area contributed by atoms with Crippen molar-refractivity contribution >= 4 is 55.4 Å². The monoisotopic (exact) mass is 452 g/mol. The first kappa shape index (κ1) is 19.9. The Bertz CT molecular complexity index is 1200. The van der Waals surface area contributed by atoms with Crippen LogP contribution in [0.1, 0.15) is 25.7 Å². The molecule has 0 spiro atoms. The molecule has 4 aromatic rings. The highest BCUT2D eigenvalue weighted by atomic mass is 35.5. The van der Waals surface area contributed by atoms with Crippen LogP contribution in [0.4, 0.5) is 18.3 Å². The van der Waals surface area contributed by atoms with Crippen molar-refractivity contribution in [1.82, 2.24) is 4.98 Å². The van der Waals surface area contributed by atoms with Crippen LogP contribution < -0.4 is 5.32 Å². The first-order valence-corrected chi connectivity index (χ1v) is 10.4. The summed E-state index contributed by atoms with van der Waals surface area (Å²) in [6, 6.07) is 12.6. The summed E-state index contributed by atoms with van der Waals surface area (Å²) >= 11 is 8.83. The predicted octanol–water partition coefficient (Wildman–Crippen LogP) is 6.87. The van der Waals surface area contributed by atoms with Crippen LogP contribution in [-0.4, -0.2) is 10.9 Å². The van der Waals surface area contributed by atoms with E-state index in [1.54, 1.807) is 12.3 Å². The number of rotatable bonds is 4. The number of aromatic nitrogens is 1. The Labute approximate surface area is 176 Å². The van der Waals surface area contributed by atoms with Gasteiger partial charge in [0.25, 0.3) is 5.91 Å². The molecule has 148 valence electrons. The van der Waals surface area contributed by atoms with E-state index >= 15 is 0 Å². The first-order chi connectivity index (χ1) is 13.8. The van der Waals surface area contributed by atoms with Crippen molar-refractivity contribution in [2.24, 2.45) is 0 Å². The molecule has 0 saturated heterocycles. The lowest BCUT2D eigenvalue weighted by Crippen LogP contribution is -2.10. The van der Waals surface area contributed by atoms with Crippen molar-refractivity contribution < 1.29 is 18.0 Å². The summed E-state index contributed by atoms with van der Waals surface area (Å²) in [5.41, 5.74) is -0.165. The second kappa shape index (κ2) is 7.78. The van der Waals surface area contributed by atoms with Crippen molar-refractivity contribution in [2.75, 3.05) is 5.32 Å². The molecule has 1 amide bonds. The van der Waals surface area contributed by atoms with E-state index < -0.39 is 11.7 Å². The summed E-state index contributed by atoms with van der Waals surface area (Å²) in [4.78, 5) is 17.9. The SMILES string of the molecule is O=C(Nc1ncc(Cc2cccc(C(F)(F)F)c2)s1)c1sc2ccccc2c1Cl. The number of hydrogen-bond donors (Lipinski definition) is 1. The summed E-state index contributed by atoms with van der Waals surface area (Å²) in [6.45, 7) is 0. The zero-order chi connectivity index (χ0) is 20.6. The maximum absolute atomic E-state index is 12.9. The minimum absolute atomic E-state index is 0.293. The van der Waals surface area contributed by atoms with Crippen LogP contribution in [0, 0.1) is 0 Å². The third-order valence-electron chi connectivity index (χ3n) is 4.15. The number of halogens is 4. The molecule has 2 heterocycles. The fraction of sp³-hybridized carbons (Fsp3) is 0.100. The number of alkyl halides is 3. The number of thiophene rings is 1. The van der Waals surface area contributed by atoms with Crippen molar-refractivity contribution in [2.45, 2.75) is 12.6 Å². The molecule has 9 heteroatoms. The number of nitrogens with one attached hydrogen (secondary N) is 1. The summed E-state index contributed by atoms with van der Waals surface area (Å²) in [5, 5.41) is 4.29. The standard InChI is InChI=1S/C20H12ClF3N2OS2/c21-16-14-6-1-2-7-15(14)29-17(16)18(27)26-19-25-10-13(28-19)9-11-4-3-5-12(8-11)20(22,23)24/h1-8,10H,9H2,(H,25,26,27). The van der Waals surface area contributed by atoms with E-state index in [2.05, 4.69) is 10.3 Å². The lowest BCUT2D eigenvalue weighted by molar-refractivity contribution is -0.137. The third-order valence-corrected chi connectivity index (χ3v) is 6.73. The summed E-state index contributed by atoms with van der Waals surface area (Å²) in [6.07, 6.45) is -2.54. The number of carbonyl (C=O) groups is 1. The maximum atomic E-state index is 12.9. The average Bonchev–Trinajstić information content (AvgIpc) is 3.26. The van der Waals surface area contributed by atoms with Crippen molar-refractivity contribution in [1.29, 1.82) is 0 Å². The third kappa shape index (κ3) is 4.29. The van der Waals surface area contributed by atoms with Crippen LogP contribution in [0.5, 0.6) is 0 Å². The Morgan fingerprint density at radius 3 is 2.66 bits per heavy atom. The molecule has 0 bridgehead atoms. The summed E-state index contributed by atoms with van der Waals surface area (Å²) in [7, 11) is 0. The highest BCUT2D eigenvalue weighted by Crippen LogP contribution is 2.36. The highest BCUT2D eigenvalue weighted by molar-refractivity contribution is 7.22. The molecular formula is C20H12ClF3N2OS2. The van der Waals surface area contributed by atoms with E-state index in [0.717, 1.165) is 27.1 Å². The molecule has 0 aliphatic rings. The van der Waals surface area contributed by atoms with Gasteiger partial charge in [-0.2, -0.15) is 13.2 Å². The number of fused-ring (bicyclic) bond motifs is 1. The van der Waals surface area contributed by atoms with Gasteiger partial charge in [0, 0.05) is 27.6 Å². The summed E-state index contributed by atoms with van der Waals surface area (Å²) < 4.78 is 39.5. The van der Waals surface area contributed by atoms with Gasteiger partial charge in [-0.1, -0.05) is 48.0 Å². The number of carbonyl (C=O) groups excluding carboxylic acids is 1. The van der Waals surface area contributed by atoms with Crippen LogP contribution in [0.15, 0.2) is 54.7 Å². The van der Waals surface area contributed by atoms with Gasteiger partial charge < -0.3 is 0 Å². The number of thiazole rings is 1. The predicted molar refractivity (Wildman–Crippen MR) is 111 cm³/mol. The largest absolute Gasteiger partial charge is 0.416 e. The molecule has 4 rings (SSSR count). The van der Waals surface area contributed by atoms with Gasteiger partial charge in [-0.05, 0) is 17.7 Å². The van der Waals surface area contributed by atoms with Gasteiger partial charge in [-0.25, -0.2) is 4.98 Å². The molecule has 2 aromatic carbocycles. The molecule has 0 aliphatic carbocycles. The van der Waals surface area contributed by atoms with Gasteiger partial charge in [0.05, 0.1) is 10.6 Å². The molecule has 2 aromatic heterocycles. The minimum Gasteiger partial charge on any atom is -0.297 e. The van der Waals surface area contributed by atoms with E-state index in [0.29, 0.717) is 27.0 Å². The zero-order valence-electron chi connectivity index (χ0n) is 14.6. The van der Waals surface area contributed by atoms with Crippen LogP contribution in [0.25, 0.3) is 10.1 Å². The first-order valence-electron chi connectivity index (χ1n) is 8.40. The topological polar surface area (TPSA) is 42.0 Å². The fourth-order valence-corrected chi connectivity index (χ4v) is 5.07. The van der Waals surface area contributed by atoms with E-state index in [1.165, 1.54) is 28.7 Å². The minimum atomic E-state index is -4.38. The molecule has 0 atom stereocenters. The molecule has 0 saturated carbocycles. The highest BCUT2D eigenvalue weighted by Gasteiger charge is 2.30. The Morgan fingerprint density at radius 2 is 1.90 bits per heavy atom. The molecule has 1 N–H and O–H groups in total. The summed E-state index contributed by atoms with van der Waals surface area (Å²) in [5.74, 6) is -0.365. The van der Waals surface area contributed by atoms with Crippen LogP contribution >= 0.6 is 34.3 Å². The smallest absolute Gasteiger partial charge is 0.297 e. The number of benzene rings is 2. The van der Waals surface area contributed by atoms with Crippen molar-refractivity contribution in [3.05, 3.63) is 80.6 Å². The molecule has 0 aliphatic heterocycles. The molecule has 0 fully saturated rings. The van der Waals surface area contributed by atoms with E-state index in [-0.39, 0.29) is 5.91 Å². The maximum Gasteiger partial charge on any atom is 0.416 e. The second-order valence-corrected chi connectivity index (χ2v) is 8.75. The van der Waals surface area contributed by atoms with Gasteiger partial charge in [0.2, 0.25) is 0 Å². The number of hydrogen-bond acceptors (Lipinski definition) is 4. The van der Waals surface area contributed by atoms with E-state index in [1.807, 2.05) is 24.3 Å². The van der Waals surface area contributed by atoms with Gasteiger partial charge in [0.15, 0.2) is 5.13 Å². The van der Waals surface area contributed by atoms with Gasteiger partial charge >= 0.3 is 6.18 Å². The van der Waals surface area contributed by atoms with Gasteiger partial charge in [-0.3, -0.25) is 10.1 Å². The Kier molecular flexibility index (Phi) is 5.33. The molecular weight excluding hydrogens is 441 g/mol. The fourth-order valence-electron chi connectivity index (χ4n) is 2.82. The molecule has 3 nitrogen and oxygen atoms in total. The van der Waals surface area contributed by atoms with E-state index in [4.69, 9.17) is 11.6 Å². The lowest BCUT2D eigenvalue weighted by Gasteiger charge is -2.07. The molecule has 29 heavy (non-hydrogen) atoms. The Balaban J connectivity index is 1.49. The Morgan fingerprint density at radius 1 is 1.10 bits per heavy atom. The van der Waals surface area contributed by atoms with Crippen LogP contribution in [-0.2, 0) is 12.6 Å². The Hall–Kier alpha value is -2.42. The van der Waals surface area contributed by atoms with E-state index in [9.17, 15) is 18.0 Å². The number of anilines is 1. The normalized spacial score (nSPS) is 11.7. The van der Waals surface area contributed by atoms with Crippen molar-refractivity contribution in [3.63, 3.8) is 0 Å². The number of nitrogens with zero attached hydrogens (tertiary/aromatic N) is 1. The number of amides is 1. The van der Waals surface area contributed by atoms with Gasteiger partial charge in [0.1, 0.15) is 4.88 Å². The second-order valence-electron chi connectivity index (χ2n) is 6.20. The quantitative estimate of drug-likeness (QED) is 0.367. The molecule has 0 radical (unpaired) electrons. The van der Waals surface area contributed by atoms with Crippen molar-refractivity contribution in [3.8, 4) is 0 Å². The van der Waals surface area contributed by atoms with Crippen LogP contribution in [0.2, 0.25) is 5.02 Å².